The second kappa shape index (κ2) is 9.99. The summed E-state index contributed by atoms with van der Waals surface area (Å²) in [6.07, 6.45) is 0. The number of benzene rings is 2. The molecule has 4 N–H and O–H groups in total. The lowest BCUT2D eigenvalue weighted by Crippen LogP contribution is -2.88. The Bertz CT molecular complexity index is 799. The Kier molecular flexibility index (Phi) is 7.70. The molecule has 0 heterocycles. The minimum absolute atomic E-state index is 0.0368. The monoisotopic (exact) mass is 386 g/mol. The van der Waals surface area contributed by atoms with E-state index >= 15 is 0 Å². The average Bonchev–Trinajstić information content (AvgIpc) is 2.64. The molecule has 0 bridgehead atoms. The maximum Gasteiger partial charge on any atom is 0.275 e. The molecule has 0 aliphatic heterocycles. The first-order chi connectivity index (χ1) is 13.3. The Labute approximate surface area is 165 Å². The fourth-order valence-electron chi connectivity index (χ4n) is 3.16. The zero-order valence-corrected chi connectivity index (χ0v) is 16.9. The number of quaternary nitrogens is 1. The molecule has 0 saturated carbocycles. The number of rotatable bonds is 8. The molecule has 0 aliphatic carbocycles. The van der Waals surface area contributed by atoms with Gasteiger partial charge in [0.25, 0.3) is 5.91 Å². The van der Waals surface area contributed by atoms with Crippen molar-refractivity contribution in [2.75, 3.05) is 18.4 Å². The molecule has 1 atom stereocenters. The second-order valence-corrected chi connectivity index (χ2v) is 7.35. The van der Waals surface area contributed by atoms with Crippen LogP contribution in [0.4, 0.5) is 10.1 Å². The van der Waals surface area contributed by atoms with Gasteiger partial charge in [-0.15, -0.1) is 0 Å². The van der Waals surface area contributed by atoms with E-state index in [0.29, 0.717) is 0 Å². The summed E-state index contributed by atoms with van der Waals surface area (Å²) in [4.78, 5) is 24.3. The Morgan fingerprint density at radius 3 is 2.18 bits per heavy atom. The van der Waals surface area contributed by atoms with Gasteiger partial charge in [0.15, 0.2) is 6.54 Å². The van der Waals surface area contributed by atoms with Gasteiger partial charge >= 0.3 is 0 Å². The summed E-state index contributed by atoms with van der Waals surface area (Å²) in [5.74, 6) is -0.487. The van der Waals surface area contributed by atoms with Crippen LogP contribution in [0.25, 0.3) is 0 Å². The molecular formula is C22H29FN3O2+. The highest BCUT2D eigenvalue weighted by Gasteiger charge is 2.20. The number of aryl methyl sites for hydroxylation is 2. The number of carbonyl (C=O) groups excluding carboxylic acids is 2. The molecule has 0 aliphatic rings. The van der Waals surface area contributed by atoms with Gasteiger partial charge in [0, 0.05) is 17.2 Å². The van der Waals surface area contributed by atoms with Crippen LogP contribution >= 0.6 is 0 Å². The molecule has 0 unspecified atom stereocenters. The summed E-state index contributed by atoms with van der Waals surface area (Å²) in [5.41, 5.74) is 3.71. The summed E-state index contributed by atoms with van der Waals surface area (Å²) < 4.78 is 13.1. The Morgan fingerprint density at radius 1 is 1.00 bits per heavy atom. The van der Waals surface area contributed by atoms with E-state index in [0.717, 1.165) is 22.4 Å². The quantitative estimate of drug-likeness (QED) is 0.652. The van der Waals surface area contributed by atoms with Crippen LogP contribution in [0.3, 0.4) is 0 Å². The summed E-state index contributed by atoms with van der Waals surface area (Å²) >= 11 is 0. The minimum Gasteiger partial charge on any atom is -0.342 e. The molecule has 0 aromatic heterocycles. The van der Waals surface area contributed by atoms with Crippen molar-refractivity contribution in [3.63, 3.8) is 0 Å². The molecule has 2 aromatic carbocycles. The highest BCUT2D eigenvalue weighted by molar-refractivity contribution is 5.95. The lowest BCUT2D eigenvalue weighted by atomic mass is 9.96. The van der Waals surface area contributed by atoms with Crippen LogP contribution in [0, 0.1) is 25.6 Å². The highest BCUT2D eigenvalue weighted by atomic mass is 19.1. The van der Waals surface area contributed by atoms with E-state index in [4.69, 9.17) is 0 Å². The zero-order valence-electron chi connectivity index (χ0n) is 16.9. The van der Waals surface area contributed by atoms with Crippen LogP contribution in [0.2, 0.25) is 0 Å². The van der Waals surface area contributed by atoms with Crippen molar-refractivity contribution in [2.24, 2.45) is 5.92 Å². The third kappa shape index (κ3) is 6.16. The number of amides is 2. The van der Waals surface area contributed by atoms with E-state index in [9.17, 15) is 14.0 Å². The Morgan fingerprint density at radius 2 is 1.61 bits per heavy atom. The van der Waals surface area contributed by atoms with E-state index in [-0.39, 0.29) is 42.7 Å². The van der Waals surface area contributed by atoms with Crippen molar-refractivity contribution in [1.29, 1.82) is 0 Å². The topological polar surface area (TPSA) is 74.8 Å². The first-order valence-corrected chi connectivity index (χ1v) is 9.49. The summed E-state index contributed by atoms with van der Waals surface area (Å²) in [6.45, 7) is 8.08. The van der Waals surface area contributed by atoms with E-state index in [1.807, 2.05) is 37.4 Å². The number of hydrogen-bond acceptors (Lipinski definition) is 2. The molecule has 2 amide bonds. The van der Waals surface area contributed by atoms with Gasteiger partial charge in [0.1, 0.15) is 11.9 Å². The number of hydrogen-bond donors (Lipinski definition) is 3. The number of nitrogens with two attached hydrogens (primary N) is 1. The summed E-state index contributed by atoms with van der Waals surface area (Å²) in [7, 11) is 0. The number of para-hydroxylation sites is 1. The maximum atomic E-state index is 13.1. The molecule has 5 nitrogen and oxygen atoms in total. The van der Waals surface area contributed by atoms with Crippen LogP contribution in [-0.2, 0) is 9.59 Å². The van der Waals surface area contributed by atoms with Crippen LogP contribution < -0.4 is 16.0 Å². The normalized spacial score (nSPS) is 11.9. The highest BCUT2D eigenvalue weighted by Crippen LogP contribution is 2.19. The maximum absolute atomic E-state index is 13.1. The molecule has 150 valence electrons. The van der Waals surface area contributed by atoms with Gasteiger partial charge in [-0.1, -0.05) is 44.2 Å². The lowest BCUT2D eigenvalue weighted by molar-refractivity contribution is -0.692. The second-order valence-electron chi connectivity index (χ2n) is 7.35. The van der Waals surface area contributed by atoms with Gasteiger partial charge in [-0.3, -0.25) is 9.59 Å². The van der Waals surface area contributed by atoms with Crippen LogP contribution in [0.15, 0.2) is 42.5 Å². The van der Waals surface area contributed by atoms with Crippen LogP contribution in [0.5, 0.6) is 0 Å². The molecule has 0 fully saturated rings. The summed E-state index contributed by atoms with van der Waals surface area (Å²) in [6, 6.07) is 12.2. The largest absolute Gasteiger partial charge is 0.342 e. The minimum atomic E-state index is -0.279. The fourth-order valence-corrected chi connectivity index (χ4v) is 3.16. The van der Waals surface area contributed by atoms with Crippen molar-refractivity contribution in [3.05, 3.63) is 65.0 Å². The lowest BCUT2D eigenvalue weighted by Gasteiger charge is -2.19. The third-order valence-corrected chi connectivity index (χ3v) is 4.72. The summed E-state index contributed by atoms with van der Waals surface area (Å²) in [5, 5.41) is 7.42. The third-order valence-electron chi connectivity index (χ3n) is 4.72. The van der Waals surface area contributed by atoms with Gasteiger partial charge in [0.2, 0.25) is 5.91 Å². The fraction of sp³-hybridized carbons (Fsp3) is 0.364. The van der Waals surface area contributed by atoms with Crippen molar-refractivity contribution in [3.8, 4) is 0 Å². The van der Waals surface area contributed by atoms with Crippen molar-refractivity contribution >= 4 is 17.5 Å². The van der Waals surface area contributed by atoms with Crippen LogP contribution in [0.1, 0.15) is 36.6 Å². The molecule has 28 heavy (non-hydrogen) atoms. The number of halogens is 1. The van der Waals surface area contributed by atoms with E-state index < -0.39 is 0 Å². The smallest absolute Gasteiger partial charge is 0.275 e. The van der Waals surface area contributed by atoms with E-state index in [1.54, 1.807) is 12.1 Å². The van der Waals surface area contributed by atoms with Crippen molar-refractivity contribution in [2.45, 2.75) is 33.7 Å². The van der Waals surface area contributed by atoms with E-state index in [2.05, 4.69) is 24.5 Å². The molecule has 0 saturated heterocycles. The van der Waals surface area contributed by atoms with Crippen molar-refractivity contribution in [1.82, 2.24) is 5.32 Å². The molecule has 6 heteroatoms. The van der Waals surface area contributed by atoms with Crippen molar-refractivity contribution < 1.29 is 19.3 Å². The number of anilines is 1. The molecule has 0 radical (unpaired) electrons. The molecule has 0 spiro atoms. The van der Waals surface area contributed by atoms with Gasteiger partial charge < -0.3 is 16.0 Å². The average molecular weight is 386 g/mol. The molecule has 2 rings (SSSR count). The molecular weight excluding hydrogens is 357 g/mol. The zero-order chi connectivity index (χ0) is 20.7. The first-order valence-electron chi connectivity index (χ1n) is 9.49. The van der Waals surface area contributed by atoms with Gasteiger partial charge in [0.05, 0.1) is 6.54 Å². The standard InChI is InChI=1S/C22H28FN3O2/c1-14(2)21(17-8-10-18(23)11-9-17)25-12-19(27)24-13-20(28)26-22-15(3)6-5-7-16(22)4/h5-11,14,21,25H,12-13H2,1-4H3,(H,24,27)(H,26,28)/p+1/t21-/m0/s1. The van der Waals surface area contributed by atoms with E-state index in [1.165, 1.54) is 12.1 Å². The van der Waals surface area contributed by atoms with Crippen LogP contribution in [-0.4, -0.2) is 24.9 Å². The number of nitrogens with one attached hydrogen (secondary N) is 2. The Balaban J connectivity index is 1.84. The van der Waals surface area contributed by atoms with Gasteiger partial charge in [-0.05, 0) is 37.1 Å². The Hall–Kier alpha value is -2.73. The van der Waals surface area contributed by atoms with Gasteiger partial charge in [-0.2, -0.15) is 0 Å². The predicted molar refractivity (Wildman–Crippen MR) is 108 cm³/mol. The first kappa shape index (κ1) is 21.6. The van der Waals surface area contributed by atoms with Gasteiger partial charge in [-0.25, -0.2) is 4.39 Å². The predicted octanol–water partition coefficient (Wildman–Crippen LogP) is 2.46. The molecule has 2 aromatic rings. The number of carbonyl (C=O) groups is 2. The SMILES string of the molecule is Cc1cccc(C)c1NC(=O)CNC(=O)C[NH2+][C@H](c1ccc(F)cc1)C(C)C.